The molecule has 1 aliphatic heterocycles. The molecular weight excluding hydrogens is 482 g/mol. The summed E-state index contributed by atoms with van der Waals surface area (Å²) in [5.41, 5.74) is 3.01. The number of thiazole rings is 1. The van der Waals surface area contributed by atoms with E-state index >= 15 is 0 Å². The van der Waals surface area contributed by atoms with Gasteiger partial charge in [-0.05, 0) is 49.4 Å². The van der Waals surface area contributed by atoms with Gasteiger partial charge in [0.25, 0.3) is 11.6 Å². The number of nitro benzene ring substituents is 1. The van der Waals surface area contributed by atoms with Crippen LogP contribution in [-0.4, -0.2) is 39.4 Å². The van der Waals surface area contributed by atoms with Crippen LogP contribution in [0.2, 0.25) is 0 Å². The zero-order chi connectivity index (χ0) is 25.2. The molecule has 1 aliphatic rings. The van der Waals surface area contributed by atoms with E-state index in [1.165, 1.54) is 40.5 Å². The van der Waals surface area contributed by atoms with Crippen LogP contribution in [0, 0.1) is 10.1 Å². The highest BCUT2D eigenvalue weighted by molar-refractivity contribution is 7.13. The van der Waals surface area contributed by atoms with Gasteiger partial charge in [-0.1, -0.05) is 6.07 Å². The molecule has 1 unspecified atom stereocenters. The molecule has 180 valence electrons. The maximum absolute atomic E-state index is 13.0. The fraction of sp³-hybridized carbons (Fsp3) is 0.120. The van der Waals surface area contributed by atoms with Crippen LogP contribution in [0.4, 0.5) is 17.1 Å². The minimum atomic E-state index is -0.759. The van der Waals surface area contributed by atoms with E-state index in [1.807, 2.05) is 29.6 Å². The number of aromatic nitrogens is 2. The van der Waals surface area contributed by atoms with Crippen LogP contribution in [0.1, 0.15) is 6.92 Å². The Hall–Kier alpha value is -4.64. The lowest BCUT2D eigenvalue weighted by molar-refractivity contribution is -0.384. The number of carbonyl (C=O) groups is 2. The summed E-state index contributed by atoms with van der Waals surface area (Å²) in [7, 11) is 0. The largest absolute Gasteiger partial charge is 0.479 e. The smallest absolute Gasteiger partial charge is 0.269 e. The molecule has 10 nitrogen and oxygen atoms in total. The van der Waals surface area contributed by atoms with Gasteiger partial charge < -0.3 is 10.1 Å². The minimum absolute atomic E-state index is 0.0834. The van der Waals surface area contributed by atoms with Crippen molar-refractivity contribution in [2.24, 2.45) is 0 Å². The monoisotopic (exact) mass is 501 g/mol. The van der Waals surface area contributed by atoms with Crippen molar-refractivity contribution >= 4 is 40.2 Å². The Labute approximate surface area is 209 Å². The Morgan fingerprint density at radius 2 is 1.97 bits per heavy atom. The number of pyridine rings is 1. The van der Waals surface area contributed by atoms with Gasteiger partial charge in [0, 0.05) is 35.0 Å². The molecule has 2 aromatic heterocycles. The van der Waals surface area contributed by atoms with E-state index in [2.05, 4.69) is 15.3 Å². The number of amides is 2. The van der Waals surface area contributed by atoms with Crippen LogP contribution >= 0.6 is 11.3 Å². The number of carbonyl (C=O) groups excluding carboxylic acids is 2. The average molecular weight is 502 g/mol. The summed E-state index contributed by atoms with van der Waals surface area (Å²) >= 11 is 1.46. The predicted octanol–water partition coefficient (Wildman–Crippen LogP) is 4.53. The van der Waals surface area contributed by atoms with Crippen molar-refractivity contribution in [3.63, 3.8) is 0 Å². The maximum atomic E-state index is 13.0. The van der Waals surface area contributed by atoms with Gasteiger partial charge in [-0.2, -0.15) is 0 Å². The van der Waals surface area contributed by atoms with E-state index in [0.717, 1.165) is 16.3 Å². The van der Waals surface area contributed by atoms with Gasteiger partial charge in [0.2, 0.25) is 5.91 Å². The lowest BCUT2D eigenvalue weighted by Crippen LogP contribution is -2.47. The van der Waals surface area contributed by atoms with Crippen molar-refractivity contribution < 1.29 is 19.2 Å². The van der Waals surface area contributed by atoms with E-state index in [0.29, 0.717) is 22.8 Å². The first kappa shape index (κ1) is 23.1. The molecule has 0 radical (unpaired) electrons. The van der Waals surface area contributed by atoms with Crippen molar-refractivity contribution in [3.8, 4) is 27.7 Å². The highest BCUT2D eigenvalue weighted by Crippen LogP contribution is 2.38. The number of hydrogen-bond acceptors (Lipinski definition) is 8. The van der Waals surface area contributed by atoms with Crippen LogP contribution < -0.4 is 15.0 Å². The predicted molar refractivity (Wildman–Crippen MR) is 135 cm³/mol. The van der Waals surface area contributed by atoms with Crippen LogP contribution in [0.25, 0.3) is 22.0 Å². The van der Waals surface area contributed by atoms with Crippen LogP contribution in [0.5, 0.6) is 5.75 Å². The molecule has 36 heavy (non-hydrogen) atoms. The number of anilines is 2. The van der Waals surface area contributed by atoms with Gasteiger partial charge >= 0.3 is 0 Å². The number of nitrogens with zero attached hydrogens (tertiary/aromatic N) is 4. The molecular formula is C25H19N5O5S. The number of non-ortho nitro benzene ring substituents is 1. The second kappa shape index (κ2) is 9.55. The fourth-order valence-electron chi connectivity index (χ4n) is 3.75. The Bertz CT molecular complexity index is 1460. The minimum Gasteiger partial charge on any atom is -0.479 e. The van der Waals surface area contributed by atoms with E-state index in [4.69, 9.17) is 4.74 Å². The number of benzene rings is 2. The molecule has 1 N–H and O–H groups in total. The van der Waals surface area contributed by atoms with E-state index < -0.39 is 16.9 Å². The Kier molecular flexibility index (Phi) is 6.13. The SMILES string of the molecule is CC1Oc2ccc(-c3csc(-c4ccccn4)n3)cc2N(CC(=O)Nc2ccc([N+](=O)[O-])cc2)C1=O. The van der Waals surface area contributed by atoms with Gasteiger partial charge in [-0.25, -0.2) is 4.98 Å². The third-order valence-electron chi connectivity index (χ3n) is 5.51. The second-order valence-corrected chi connectivity index (χ2v) is 8.83. The first-order chi connectivity index (χ1) is 17.4. The molecule has 0 aliphatic carbocycles. The number of fused-ring (bicyclic) bond motifs is 1. The zero-order valence-corrected chi connectivity index (χ0v) is 19.8. The molecule has 0 saturated carbocycles. The van der Waals surface area contributed by atoms with Crippen LogP contribution in [0.15, 0.2) is 72.2 Å². The second-order valence-electron chi connectivity index (χ2n) is 7.97. The molecule has 4 aromatic rings. The standard InChI is InChI=1S/C25H19N5O5S/c1-15-25(32)29(13-23(31)27-17-6-8-18(9-7-17)30(33)34)21-12-16(5-10-22(21)35-15)20-14-36-24(28-20)19-4-2-3-11-26-19/h2-12,14-15H,13H2,1H3,(H,27,31). The van der Waals surface area contributed by atoms with Gasteiger partial charge in [0.05, 0.1) is 22.0 Å². The molecule has 5 rings (SSSR count). The molecule has 11 heteroatoms. The molecule has 0 spiro atoms. The fourth-order valence-corrected chi connectivity index (χ4v) is 4.56. The summed E-state index contributed by atoms with van der Waals surface area (Å²) in [6.07, 6.45) is 0.949. The lowest BCUT2D eigenvalue weighted by atomic mass is 10.1. The third-order valence-corrected chi connectivity index (χ3v) is 6.38. The lowest BCUT2D eigenvalue weighted by Gasteiger charge is -2.32. The van der Waals surface area contributed by atoms with Crippen molar-refractivity contribution in [2.75, 3.05) is 16.8 Å². The Morgan fingerprint density at radius 3 is 2.69 bits per heavy atom. The zero-order valence-electron chi connectivity index (χ0n) is 19.0. The Balaban J connectivity index is 1.39. The van der Waals surface area contributed by atoms with Crippen molar-refractivity contribution in [3.05, 3.63) is 82.4 Å². The van der Waals surface area contributed by atoms with Gasteiger partial charge in [-0.3, -0.25) is 29.6 Å². The number of hydrogen-bond donors (Lipinski definition) is 1. The number of rotatable bonds is 6. The van der Waals surface area contributed by atoms with Crippen LogP contribution in [0.3, 0.4) is 0 Å². The summed E-state index contributed by atoms with van der Waals surface area (Å²) in [5, 5.41) is 16.2. The van der Waals surface area contributed by atoms with Gasteiger partial charge in [-0.15, -0.1) is 11.3 Å². The van der Waals surface area contributed by atoms with Crippen LogP contribution in [-0.2, 0) is 9.59 Å². The average Bonchev–Trinajstić information content (AvgIpc) is 3.38. The molecule has 2 aromatic carbocycles. The van der Waals surface area contributed by atoms with Crippen molar-refractivity contribution in [2.45, 2.75) is 13.0 Å². The van der Waals surface area contributed by atoms with Gasteiger partial charge in [0.15, 0.2) is 6.10 Å². The first-order valence-corrected chi connectivity index (χ1v) is 11.8. The van der Waals surface area contributed by atoms with Crippen molar-refractivity contribution in [1.82, 2.24) is 9.97 Å². The first-order valence-electron chi connectivity index (χ1n) is 10.9. The maximum Gasteiger partial charge on any atom is 0.269 e. The Morgan fingerprint density at radius 1 is 1.17 bits per heavy atom. The summed E-state index contributed by atoms with van der Waals surface area (Å²) < 4.78 is 5.76. The summed E-state index contributed by atoms with van der Waals surface area (Å²) in [4.78, 5) is 46.4. The third kappa shape index (κ3) is 4.64. The van der Waals surface area contributed by atoms with Crippen molar-refractivity contribution in [1.29, 1.82) is 0 Å². The molecule has 0 saturated heterocycles. The highest BCUT2D eigenvalue weighted by Gasteiger charge is 2.33. The number of nitro groups is 1. The van der Waals surface area contributed by atoms with E-state index in [9.17, 15) is 19.7 Å². The molecule has 1 atom stereocenters. The van der Waals surface area contributed by atoms with E-state index in [-0.39, 0.29) is 18.1 Å². The number of ether oxygens (including phenoxy) is 1. The van der Waals surface area contributed by atoms with Gasteiger partial charge in [0.1, 0.15) is 17.3 Å². The molecule has 3 heterocycles. The normalized spacial score (nSPS) is 14.6. The summed E-state index contributed by atoms with van der Waals surface area (Å²) in [6.45, 7) is 1.37. The van der Waals surface area contributed by atoms with E-state index in [1.54, 1.807) is 25.3 Å². The molecule has 2 amide bonds. The molecule has 0 fully saturated rings. The summed E-state index contributed by atoms with van der Waals surface area (Å²) in [5.74, 6) is -0.325. The summed E-state index contributed by atoms with van der Waals surface area (Å²) in [6, 6.07) is 16.5. The highest BCUT2D eigenvalue weighted by atomic mass is 32.1. The number of nitrogens with one attached hydrogen (secondary N) is 1. The topological polar surface area (TPSA) is 128 Å². The quantitative estimate of drug-likeness (QED) is 0.304. The molecule has 0 bridgehead atoms.